The summed E-state index contributed by atoms with van der Waals surface area (Å²) in [4.78, 5) is 0. The van der Waals surface area contributed by atoms with Crippen molar-refractivity contribution < 1.29 is 0 Å². The van der Waals surface area contributed by atoms with Crippen LogP contribution in [0.5, 0.6) is 0 Å². The minimum absolute atomic E-state index is 0.461. The molecule has 0 fully saturated rings. The first-order chi connectivity index (χ1) is 30.1. The highest BCUT2D eigenvalue weighted by molar-refractivity contribution is 6.10. The van der Waals surface area contributed by atoms with Crippen LogP contribution in [-0.2, 0) is 11.8 Å². The van der Waals surface area contributed by atoms with E-state index in [9.17, 15) is 0 Å². The highest BCUT2D eigenvalue weighted by Crippen LogP contribution is 2.57. The fourth-order valence-electron chi connectivity index (χ4n) is 10.4. The first kappa shape index (κ1) is 36.4. The molecule has 0 saturated carbocycles. The van der Waals surface area contributed by atoms with Crippen molar-refractivity contribution in [3.05, 3.63) is 257 Å². The second kappa shape index (κ2) is 14.5. The van der Waals surface area contributed by atoms with Crippen molar-refractivity contribution in [2.24, 2.45) is 5.73 Å². The lowest BCUT2D eigenvalue weighted by Gasteiger charge is -2.34. The highest BCUT2D eigenvalue weighted by Gasteiger charge is 2.46. The number of hydrogen-bond donors (Lipinski definition) is 1. The fourth-order valence-corrected chi connectivity index (χ4v) is 10.4. The zero-order valence-electron chi connectivity index (χ0n) is 34.1. The number of para-hydroxylation sites is 1. The summed E-state index contributed by atoms with van der Waals surface area (Å²) in [5, 5.41) is 2.43. The van der Waals surface area contributed by atoms with Crippen molar-refractivity contribution in [1.29, 1.82) is 0 Å². The molecular weight excluding hydrogens is 737 g/mol. The maximum atomic E-state index is 6.96. The average Bonchev–Trinajstić information content (AvgIpc) is 3.96. The Labute approximate surface area is 357 Å². The molecule has 0 bridgehead atoms. The zero-order valence-corrected chi connectivity index (χ0v) is 34.1. The molecule has 0 spiro atoms. The molecule has 0 amide bonds. The molecule has 2 aliphatic rings. The van der Waals surface area contributed by atoms with Gasteiger partial charge in [0.15, 0.2) is 0 Å². The van der Waals surface area contributed by atoms with E-state index in [1.54, 1.807) is 0 Å². The van der Waals surface area contributed by atoms with E-state index in [4.69, 9.17) is 5.73 Å². The van der Waals surface area contributed by atoms with Gasteiger partial charge >= 0.3 is 0 Å². The summed E-state index contributed by atoms with van der Waals surface area (Å²) in [5.74, 6) is 0. The molecule has 0 aliphatic heterocycles. The highest BCUT2D eigenvalue weighted by atomic mass is 15.0. The Morgan fingerprint density at radius 1 is 0.607 bits per heavy atom. The van der Waals surface area contributed by atoms with E-state index < -0.39 is 5.41 Å². The minimum atomic E-state index is -0.461. The first-order valence-electron chi connectivity index (χ1n) is 21.2. The van der Waals surface area contributed by atoms with Crippen molar-refractivity contribution in [3.8, 4) is 39.1 Å². The largest absolute Gasteiger partial charge is 0.398 e. The standard InChI is InChI=1S/C59H44N2/c1-3-5-20-44(4-2)59(45-21-7-6-8-22-45)54-28-13-11-25-49(54)52-35-39(30-32-55(52)59)40-31-33-58-53(36-40)50-26-12-14-29-57(50)61(58)46-23-15-19-43(34-46)56(60)38-42-18-16-27-48-47-24-10-9-17-41(47)37-51(42)48/h3-36,38H,1,37,60H2,2H3/b20-5-,44-4+,56-38-. The molecule has 1 heterocycles. The molecule has 0 saturated heterocycles. The Morgan fingerprint density at radius 3 is 2.18 bits per heavy atom. The van der Waals surface area contributed by atoms with Crippen molar-refractivity contribution in [1.82, 2.24) is 4.57 Å². The van der Waals surface area contributed by atoms with Crippen LogP contribution in [0.2, 0.25) is 0 Å². The Kier molecular flexibility index (Phi) is 8.68. The molecular formula is C59H44N2. The third kappa shape index (κ3) is 5.64. The van der Waals surface area contributed by atoms with E-state index in [1.165, 1.54) is 83.1 Å². The quantitative estimate of drug-likeness (QED) is 0.121. The molecule has 2 N–H and O–H groups in total. The molecule has 11 rings (SSSR count). The summed E-state index contributed by atoms with van der Waals surface area (Å²) in [6.45, 7) is 6.14. The summed E-state index contributed by atoms with van der Waals surface area (Å²) in [6, 6.07) is 66.5. The van der Waals surface area contributed by atoms with E-state index in [2.05, 4.69) is 224 Å². The molecule has 0 radical (unpaired) electrons. The summed E-state index contributed by atoms with van der Waals surface area (Å²) < 4.78 is 2.38. The molecule has 1 atom stereocenters. The van der Waals surface area contributed by atoms with Crippen LogP contribution in [0.25, 0.3) is 72.6 Å². The molecule has 8 aromatic carbocycles. The van der Waals surface area contributed by atoms with Gasteiger partial charge in [0.2, 0.25) is 0 Å². The van der Waals surface area contributed by atoms with E-state index in [0.29, 0.717) is 0 Å². The van der Waals surface area contributed by atoms with Gasteiger partial charge in [-0.25, -0.2) is 0 Å². The molecule has 2 nitrogen and oxygen atoms in total. The number of nitrogens with zero attached hydrogens (tertiary/aromatic N) is 1. The average molecular weight is 781 g/mol. The van der Waals surface area contributed by atoms with Crippen LogP contribution in [0, 0.1) is 0 Å². The summed E-state index contributed by atoms with van der Waals surface area (Å²) >= 11 is 0. The molecule has 2 heteroatoms. The Hall–Kier alpha value is -7.68. The zero-order chi connectivity index (χ0) is 41.1. The van der Waals surface area contributed by atoms with Gasteiger partial charge < -0.3 is 10.3 Å². The third-order valence-corrected chi connectivity index (χ3v) is 13.0. The van der Waals surface area contributed by atoms with Crippen molar-refractivity contribution in [2.45, 2.75) is 18.8 Å². The van der Waals surface area contributed by atoms with Crippen molar-refractivity contribution in [3.63, 3.8) is 0 Å². The monoisotopic (exact) mass is 780 g/mol. The molecule has 1 unspecified atom stereocenters. The number of nitrogens with two attached hydrogens (primary N) is 1. The van der Waals surface area contributed by atoms with Crippen LogP contribution >= 0.6 is 0 Å². The lowest BCUT2D eigenvalue weighted by molar-refractivity contribution is 0.765. The molecule has 290 valence electrons. The molecule has 9 aromatic rings. The Morgan fingerprint density at radius 2 is 1.31 bits per heavy atom. The lowest BCUT2D eigenvalue weighted by atomic mass is 9.67. The predicted octanol–water partition coefficient (Wildman–Crippen LogP) is 14.5. The second-order valence-electron chi connectivity index (χ2n) is 16.2. The number of aromatic nitrogens is 1. The maximum Gasteiger partial charge on any atom is 0.0710 e. The van der Waals surface area contributed by atoms with Crippen molar-refractivity contribution >= 4 is 33.6 Å². The molecule has 1 aromatic heterocycles. The summed E-state index contributed by atoms with van der Waals surface area (Å²) in [6.07, 6.45) is 11.5. The van der Waals surface area contributed by atoms with Gasteiger partial charge in [0.1, 0.15) is 0 Å². The number of hydrogen-bond acceptors (Lipinski definition) is 1. The van der Waals surface area contributed by atoms with Gasteiger partial charge in [-0.15, -0.1) is 0 Å². The van der Waals surface area contributed by atoms with Crippen molar-refractivity contribution in [2.75, 3.05) is 0 Å². The number of allylic oxidation sites excluding steroid dienone is 5. The smallest absolute Gasteiger partial charge is 0.0710 e. The number of fused-ring (bicyclic) bond motifs is 9. The Bertz CT molecular complexity index is 3320. The minimum Gasteiger partial charge on any atom is -0.398 e. The first-order valence-corrected chi connectivity index (χ1v) is 21.2. The predicted molar refractivity (Wildman–Crippen MR) is 258 cm³/mol. The fraction of sp³-hybridized carbons (Fsp3) is 0.0508. The van der Waals surface area contributed by atoms with Gasteiger partial charge in [0.05, 0.1) is 16.4 Å². The number of rotatable bonds is 8. The van der Waals surface area contributed by atoms with Gasteiger partial charge in [-0.2, -0.15) is 0 Å². The van der Waals surface area contributed by atoms with Crippen LogP contribution in [0.1, 0.15) is 45.9 Å². The Balaban J connectivity index is 1.01. The molecule has 61 heavy (non-hydrogen) atoms. The number of benzene rings is 8. The maximum absolute atomic E-state index is 6.96. The van der Waals surface area contributed by atoms with Crippen LogP contribution in [0.15, 0.2) is 218 Å². The van der Waals surface area contributed by atoms with Gasteiger partial charge in [-0.05, 0) is 134 Å². The van der Waals surface area contributed by atoms with E-state index >= 15 is 0 Å². The van der Waals surface area contributed by atoms with Gasteiger partial charge in [0.25, 0.3) is 0 Å². The SMILES string of the molecule is C=C/C=C\C(=C/C)C1(c2ccccc2)c2ccccc2-c2cc(-c3ccc4c(c3)c3ccccc3n4-c3cccc(/C(N)=C/c4cccc5c4Cc4ccccc4-5)c3)ccc21. The van der Waals surface area contributed by atoms with Crippen LogP contribution in [0.4, 0.5) is 0 Å². The summed E-state index contributed by atoms with van der Waals surface area (Å²) in [5.41, 5.74) is 28.1. The van der Waals surface area contributed by atoms with Crippen LogP contribution < -0.4 is 5.73 Å². The normalized spacial score (nSPS) is 15.6. The third-order valence-electron chi connectivity index (χ3n) is 13.0. The van der Waals surface area contributed by atoms with Gasteiger partial charge in [-0.3, -0.25) is 0 Å². The van der Waals surface area contributed by atoms with Crippen LogP contribution in [0.3, 0.4) is 0 Å². The summed E-state index contributed by atoms with van der Waals surface area (Å²) in [7, 11) is 0. The van der Waals surface area contributed by atoms with E-state index in [1.807, 2.05) is 6.08 Å². The lowest BCUT2D eigenvalue weighted by Crippen LogP contribution is -2.29. The topological polar surface area (TPSA) is 30.9 Å². The van der Waals surface area contributed by atoms with E-state index in [-0.39, 0.29) is 0 Å². The van der Waals surface area contributed by atoms with Gasteiger partial charge in [0, 0.05) is 22.2 Å². The van der Waals surface area contributed by atoms with E-state index in [0.717, 1.165) is 34.4 Å². The van der Waals surface area contributed by atoms with Gasteiger partial charge in [-0.1, -0.05) is 176 Å². The molecule has 2 aliphatic carbocycles. The second-order valence-corrected chi connectivity index (χ2v) is 16.2. The van der Waals surface area contributed by atoms with Crippen LogP contribution in [-0.4, -0.2) is 4.57 Å².